The van der Waals surface area contributed by atoms with Crippen LogP contribution in [0.5, 0.6) is 0 Å². The Kier molecular flexibility index (Phi) is 3.84. The van der Waals surface area contributed by atoms with Gasteiger partial charge >= 0.3 is 0 Å². The van der Waals surface area contributed by atoms with Crippen LogP contribution in [0.1, 0.15) is 19.3 Å². The van der Waals surface area contributed by atoms with E-state index in [1.807, 2.05) is 0 Å². The topological polar surface area (TPSA) is 29.0 Å². The highest BCUT2D eigenvalue weighted by Gasteiger charge is 2.14. The lowest BCUT2D eigenvalue weighted by atomic mass is 10.0. The van der Waals surface area contributed by atoms with E-state index in [-0.39, 0.29) is 5.56 Å². The molecule has 2 aromatic carbocycles. The Morgan fingerprint density at radius 1 is 0.875 bits per heavy atom. The molecule has 1 aliphatic rings. The van der Waals surface area contributed by atoms with Crippen LogP contribution in [0, 0.1) is 11.6 Å². The van der Waals surface area contributed by atoms with Crippen LogP contribution in [-0.4, -0.2) is 23.1 Å². The lowest BCUT2D eigenvalue weighted by Crippen LogP contribution is -2.30. The Morgan fingerprint density at radius 3 is 2.54 bits per heavy atom. The maximum atomic E-state index is 14.0. The minimum absolute atomic E-state index is 0.238. The Labute approximate surface area is 139 Å². The van der Waals surface area contributed by atoms with E-state index in [2.05, 4.69) is 14.9 Å². The summed E-state index contributed by atoms with van der Waals surface area (Å²) in [4.78, 5) is 11.4. The zero-order valence-electron chi connectivity index (χ0n) is 13.2. The van der Waals surface area contributed by atoms with Crippen molar-refractivity contribution in [3.05, 3.63) is 54.2 Å². The summed E-state index contributed by atoms with van der Waals surface area (Å²) in [5, 5.41) is 0. The number of benzene rings is 2. The molecule has 0 atom stereocenters. The minimum Gasteiger partial charge on any atom is -0.355 e. The predicted octanol–water partition coefficient (Wildman–Crippen LogP) is 4.57. The number of aromatic nitrogens is 2. The summed E-state index contributed by atoms with van der Waals surface area (Å²) in [6, 6.07) is 8.78. The summed E-state index contributed by atoms with van der Waals surface area (Å²) in [5.74, 6) is -0.0605. The van der Waals surface area contributed by atoms with E-state index >= 15 is 0 Å². The lowest BCUT2D eigenvalue weighted by Gasteiger charge is -2.27. The number of nitrogens with zero attached hydrogens (tertiary/aromatic N) is 3. The molecule has 0 saturated carbocycles. The van der Waals surface area contributed by atoms with Gasteiger partial charge in [-0.3, -0.25) is 4.98 Å². The van der Waals surface area contributed by atoms with Crippen molar-refractivity contribution in [1.29, 1.82) is 0 Å². The van der Waals surface area contributed by atoms with Gasteiger partial charge in [0.15, 0.2) is 0 Å². The van der Waals surface area contributed by atoms with Crippen molar-refractivity contribution in [3.8, 4) is 11.1 Å². The summed E-state index contributed by atoms with van der Waals surface area (Å²) >= 11 is 0. The Balaban J connectivity index is 1.77. The molecule has 5 heteroatoms. The molecule has 1 aliphatic heterocycles. The van der Waals surface area contributed by atoms with Gasteiger partial charge in [0, 0.05) is 18.7 Å². The van der Waals surface area contributed by atoms with Crippen molar-refractivity contribution in [2.24, 2.45) is 0 Å². The van der Waals surface area contributed by atoms with Gasteiger partial charge < -0.3 is 4.90 Å². The molecule has 1 saturated heterocycles. The quantitative estimate of drug-likeness (QED) is 0.691. The van der Waals surface area contributed by atoms with Crippen molar-refractivity contribution >= 4 is 16.9 Å². The van der Waals surface area contributed by atoms with E-state index in [9.17, 15) is 8.78 Å². The van der Waals surface area contributed by atoms with Crippen LogP contribution < -0.4 is 4.90 Å². The van der Waals surface area contributed by atoms with Crippen molar-refractivity contribution in [3.63, 3.8) is 0 Å². The Hall–Kier alpha value is -2.56. The van der Waals surface area contributed by atoms with Crippen LogP contribution in [0.25, 0.3) is 22.2 Å². The molecule has 0 amide bonds. The number of hydrogen-bond acceptors (Lipinski definition) is 3. The van der Waals surface area contributed by atoms with Gasteiger partial charge in [-0.25, -0.2) is 13.8 Å². The maximum absolute atomic E-state index is 14.0. The van der Waals surface area contributed by atoms with E-state index in [0.717, 1.165) is 49.4 Å². The van der Waals surface area contributed by atoms with Crippen LogP contribution in [0.2, 0.25) is 0 Å². The third-order valence-corrected chi connectivity index (χ3v) is 4.45. The number of halogens is 2. The first-order chi connectivity index (χ1) is 11.7. The van der Waals surface area contributed by atoms with Crippen LogP contribution >= 0.6 is 0 Å². The molecular weight excluding hydrogens is 308 g/mol. The average Bonchev–Trinajstić information content (AvgIpc) is 2.63. The summed E-state index contributed by atoms with van der Waals surface area (Å²) in [6.07, 6.45) is 5.36. The van der Waals surface area contributed by atoms with Crippen molar-refractivity contribution in [2.75, 3.05) is 18.0 Å². The first-order valence-electron chi connectivity index (χ1n) is 8.18. The van der Waals surface area contributed by atoms with Gasteiger partial charge in [0.05, 0.1) is 17.2 Å². The number of anilines is 1. The molecule has 0 spiro atoms. The number of rotatable bonds is 2. The molecule has 1 aromatic heterocycles. The zero-order chi connectivity index (χ0) is 16.5. The first-order valence-corrected chi connectivity index (χ1v) is 8.18. The largest absolute Gasteiger partial charge is 0.355 e. The Morgan fingerprint density at radius 2 is 1.71 bits per heavy atom. The van der Waals surface area contributed by atoms with Gasteiger partial charge in [-0.1, -0.05) is 6.07 Å². The first kappa shape index (κ1) is 15.0. The van der Waals surface area contributed by atoms with Crippen LogP contribution in [-0.2, 0) is 0 Å². The zero-order valence-corrected chi connectivity index (χ0v) is 13.2. The second-order valence-electron chi connectivity index (χ2n) is 6.10. The molecule has 122 valence electrons. The third kappa shape index (κ3) is 2.82. The van der Waals surface area contributed by atoms with Crippen LogP contribution in [0.3, 0.4) is 0 Å². The van der Waals surface area contributed by atoms with Crippen molar-refractivity contribution in [2.45, 2.75) is 19.3 Å². The highest BCUT2D eigenvalue weighted by Crippen LogP contribution is 2.27. The number of hydrogen-bond donors (Lipinski definition) is 0. The second-order valence-corrected chi connectivity index (χ2v) is 6.10. The summed E-state index contributed by atoms with van der Waals surface area (Å²) in [5.41, 5.74) is 2.28. The van der Waals surface area contributed by atoms with Gasteiger partial charge in [0.1, 0.15) is 17.5 Å². The maximum Gasteiger partial charge on any atom is 0.147 e. The molecule has 24 heavy (non-hydrogen) atoms. The molecule has 2 heterocycles. The van der Waals surface area contributed by atoms with E-state index in [0.29, 0.717) is 11.1 Å². The molecule has 0 aliphatic carbocycles. The van der Waals surface area contributed by atoms with Crippen LogP contribution in [0.4, 0.5) is 14.6 Å². The molecule has 0 bridgehead atoms. The minimum atomic E-state index is -0.459. The molecule has 0 N–H and O–H groups in total. The van der Waals surface area contributed by atoms with E-state index < -0.39 is 11.6 Å². The summed E-state index contributed by atoms with van der Waals surface area (Å²) in [7, 11) is 0. The van der Waals surface area contributed by atoms with Gasteiger partial charge in [-0.05, 0) is 55.2 Å². The highest BCUT2D eigenvalue weighted by atomic mass is 19.1. The fourth-order valence-corrected chi connectivity index (χ4v) is 3.16. The molecule has 3 nitrogen and oxygen atoms in total. The second kappa shape index (κ2) is 6.15. The standard InChI is InChI=1S/C19H17F2N3/c20-14-5-6-16(21)15(11-14)13-4-7-17-18(10-13)23-19(12-22-17)24-8-2-1-3-9-24/h4-7,10-12H,1-3,8-9H2. The SMILES string of the molecule is Fc1ccc(F)c(-c2ccc3ncc(N4CCCCC4)nc3c2)c1. The van der Waals surface area contributed by atoms with Gasteiger partial charge in [0.25, 0.3) is 0 Å². The van der Waals surface area contributed by atoms with E-state index in [1.165, 1.54) is 12.5 Å². The predicted molar refractivity (Wildman–Crippen MR) is 91.0 cm³/mol. The molecular formula is C19H17F2N3. The fourth-order valence-electron chi connectivity index (χ4n) is 3.16. The monoisotopic (exact) mass is 325 g/mol. The van der Waals surface area contributed by atoms with Crippen molar-refractivity contribution < 1.29 is 8.78 Å². The van der Waals surface area contributed by atoms with Gasteiger partial charge in [0.2, 0.25) is 0 Å². The summed E-state index contributed by atoms with van der Waals surface area (Å²) in [6.45, 7) is 1.97. The number of fused-ring (bicyclic) bond motifs is 1. The summed E-state index contributed by atoms with van der Waals surface area (Å²) < 4.78 is 27.5. The van der Waals surface area contributed by atoms with Crippen LogP contribution in [0.15, 0.2) is 42.6 Å². The number of piperidine rings is 1. The molecule has 0 radical (unpaired) electrons. The highest BCUT2D eigenvalue weighted by molar-refractivity contribution is 5.82. The normalized spacial score (nSPS) is 15.0. The van der Waals surface area contributed by atoms with E-state index in [4.69, 9.17) is 0 Å². The Bertz CT molecular complexity index is 889. The molecule has 0 unspecified atom stereocenters. The third-order valence-electron chi connectivity index (χ3n) is 4.45. The molecule has 1 fully saturated rings. The lowest BCUT2D eigenvalue weighted by molar-refractivity contribution is 0.573. The fraction of sp³-hybridized carbons (Fsp3) is 0.263. The smallest absolute Gasteiger partial charge is 0.147 e. The van der Waals surface area contributed by atoms with Gasteiger partial charge in [-0.2, -0.15) is 0 Å². The molecule has 3 aromatic rings. The average molecular weight is 325 g/mol. The van der Waals surface area contributed by atoms with Crippen molar-refractivity contribution in [1.82, 2.24) is 9.97 Å². The molecule has 4 rings (SSSR count). The van der Waals surface area contributed by atoms with E-state index in [1.54, 1.807) is 24.4 Å². The van der Waals surface area contributed by atoms with Gasteiger partial charge in [-0.15, -0.1) is 0 Å².